The number of benzene rings is 3. The average molecular weight is 408 g/mol. The van der Waals surface area contributed by atoms with Crippen LogP contribution < -0.4 is 19.5 Å². The van der Waals surface area contributed by atoms with Crippen LogP contribution >= 0.6 is 11.6 Å². The van der Waals surface area contributed by atoms with E-state index in [1.165, 1.54) is 6.33 Å². The first-order valence-electron chi connectivity index (χ1n) is 8.83. The summed E-state index contributed by atoms with van der Waals surface area (Å²) in [5.41, 5.74) is 1.57. The lowest BCUT2D eigenvalue weighted by Crippen LogP contribution is -1.98. The van der Waals surface area contributed by atoms with E-state index in [1.54, 1.807) is 26.4 Å². The van der Waals surface area contributed by atoms with Gasteiger partial charge in [-0.25, -0.2) is 9.97 Å². The number of hydrogen-bond donors (Lipinski definition) is 1. The van der Waals surface area contributed by atoms with Gasteiger partial charge in [0.1, 0.15) is 23.6 Å². The number of methoxy groups -OCH3 is 2. The van der Waals surface area contributed by atoms with E-state index >= 15 is 0 Å². The standard InChI is InChI=1S/C22H18ClN3O3/c1-27-20-11-18-19(12-21(20)28-2)24-13-25-22(18)26-15-4-3-5-17(10-15)29-16-8-6-14(23)7-9-16/h3-13H,1-2H3,(H,24,25,26). The second-order valence-electron chi connectivity index (χ2n) is 6.16. The molecule has 0 aliphatic rings. The predicted molar refractivity (Wildman–Crippen MR) is 114 cm³/mol. The molecule has 1 N–H and O–H groups in total. The van der Waals surface area contributed by atoms with Crippen molar-refractivity contribution in [1.82, 2.24) is 9.97 Å². The first kappa shape index (κ1) is 18.8. The highest BCUT2D eigenvalue weighted by Crippen LogP contribution is 2.35. The van der Waals surface area contributed by atoms with Gasteiger partial charge < -0.3 is 19.5 Å². The molecule has 0 aliphatic heterocycles. The minimum atomic E-state index is 0.609. The largest absolute Gasteiger partial charge is 0.493 e. The van der Waals surface area contributed by atoms with E-state index in [2.05, 4.69) is 15.3 Å². The predicted octanol–water partition coefficient (Wildman–Crippen LogP) is 5.84. The van der Waals surface area contributed by atoms with Crippen molar-refractivity contribution in [3.8, 4) is 23.0 Å². The zero-order valence-corrected chi connectivity index (χ0v) is 16.6. The zero-order chi connectivity index (χ0) is 20.2. The van der Waals surface area contributed by atoms with Crippen molar-refractivity contribution in [2.24, 2.45) is 0 Å². The van der Waals surface area contributed by atoms with Crippen LogP contribution in [0.4, 0.5) is 11.5 Å². The third-order valence-electron chi connectivity index (χ3n) is 4.29. The van der Waals surface area contributed by atoms with E-state index < -0.39 is 0 Å². The molecular formula is C22H18ClN3O3. The average Bonchev–Trinajstić information content (AvgIpc) is 2.75. The van der Waals surface area contributed by atoms with E-state index in [-0.39, 0.29) is 0 Å². The van der Waals surface area contributed by atoms with Crippen LogP contribution in [-0.2, 0) is 0 Å². The van der Waals surface area contributed by atoms with E-state index in [4.69, 9.17) is 25.8 Å². The maximum absolute atomic E-state index is 5.92. The number of halogens is 1. The Morgan fingerprint density at radius 3 is 2.34 bits per heavy atom. The van der Waals surface area contributed by atoms with E-state index in [1.807, 2.05) is 48.5 Å². The third kappa shape index (κ3) is 4.17. The maximum atomic E-state index is 5.92. The molecule has 0 atom stereocenters. The molecule has 6 nitrogen and oxygen atoms in total. The molecular weight excluding hydrogens is 390 g/mol. The summed E-state index contributed by atoms with van der Waals surface area (Å²) >= 11 is 5.92. The fourth-order valence-corrected chi connectivity index (χ4v) is 3.02. The van der Waals surface area contributed by atoms with Crippen LogP contribution in [0.3, 0.4) is 0 Å². The minimum Gasteiger partial charge on any atom is -0.493 e. The Labute approximate surface area is 173 Å². The third-order valence-corrected chi connectivity index (χ3v) is 4.54. The molecule has 146 valence electrons. The summed E-state index contributed by atoms with van der Waals surface area (Å²) in [7, 11) is 3.19. The number of rotatable bonds is 6. The molecule has 1 aromatic heterocycles. The smallest absolute Gasteiger partial charge is 0.162 e. The van der Waals surface area contributed by atoms with Crippen LogP contribution in [0.25, 0.3) is 10.9 Å². The summed E-state index contributed by atoms with van der Waals surface area (Å²) in [5.74, 6) is 3.27. The number of nitrogens with one attached hydrogen (secondary N) is 1. The van der Waals surface area contributed by atoms with Crippen LogP contribution in [0.1, 0.15) is 0 Å². The molecule has 0 amide bonds. The van der Waals surface area contributed by atoms with Crippen LogP contribution in [0.15, 0.2) is 67.0 Å². The highest BCUT2D eigenvalue weighted by Gasteiger charge is 2.11. The molecule has 4 rings (SSSR count). The molecule has 0 saturated heterocycles. The molecule has 4 aromatic rings. The summed E-state index contributed by atoms with van der Waals surface area (Å²) in [4.78, 5) is 8.71. The first-order chi connectivity index (χ1) is 14.2. The van der Waals surface area contributed by atoms with Gasteiger partial charge in [0.25, 0.3) is 0 Å². The van der Waals surface area contributed by atoms with Gasteiger partial charge in [0.05, 0.1) is 19.7 Å². The highest BCUT2D eigenvalue weighted by atomic mass is 35.5. The van der Waals surface area contributed by atoms with E-state index in [0.717, 1.165) is 16.6 Å². The SMILES string of the molecule is COc1cc2ncnc(Nc3cccc(Oc4ccc(Cl)cc4)c3)c2cc1OC. The molecule has 0 bridgehead atoms. The van der Waals surface area contributed by atoms with Crippen molar-refractivity contribution in [2.45, 2.75) is 0 Å². The maximum Gasteiger partial charge on any atom is 0.162 e. The lowest BCUT2D eigenvalue weighted by atomic mass is 10.2. The normalized spacial score (nSPS) is 10.6. The number of anilines is 2. The van der Waals surface area contributed by atoms with Gasteiger partial charge in [-0.1, -0.05) is 17.7 Å². The summed E-state index contributed by atoms with van der Waals surface area (Å²) in [6, 6.07) is 18.5. The lowest BCUT2D eigenvalue weighted by molar-refractivity contribution is 0.356. The second-order valence-corrected chi connectivity index (χ2v) is 6.59. The molecule has 3 aromatic carbocycles. The van der Waals surface area contributed by atoms with Gasteiger partial charge in [-0.3, -0.25) is 0 Å². The van der Waals surface area contributed by atoms with Gasteiger partial charge in [-0.15, -0.1) is 0 Å². The number of ether oxygens (including phenoxy) is 3. The fraction of sp³-hybridized carbons (Fsp3) is 0.0909. The van der Waals surface area contributed by atoms with Crippen molar-refractivity contribution in [3.63, 3.8) is 0 Å². The highest BCUT2D eigenvalue weighted by molar-refractivity contribution is 6.30. The van der Waals surface area contributed by atoms with Gasteiger partial charge in [0.15, 0.2) is 11.5 Å². The fourth-order valence-electron chi connectivity index (χ4n) is 2.90. The van der Waals surface area contributed by atoms with Gasteiger partial charge >= 0.3 is 0 Å². The van der Waals surface area contributed by atoms with Crippen molar-refractivity contribution in [2.75, 3.05) is 19.5 Å². The summed E-state index contributed by atoms with van der Waals surface area (Å²) in [5, 5.41) is 4.80. The lowest BCUT2D eigenvalue weighted by Gasteiger charge is -2.13. The molecule has 0 fully saturated rings. The Kier molecular flexibility index (Phi) is 5.35. The number of aromatic nitrogens is 2. The molecule has 29 heavy (non-hydrogen) atoms. The molecule has 7 heteroatoms. The van der Waals surface area contributed by atoms with E-state index in [0.29, 0.717) is 33.8 Å². The van der Waals surface area contributed by atoms with Gasteiger partial charge in [-0.2, -0.15) is 0 Å². The summed E-state index contributed by atoms with van der Waals surface area (Å²) in [6.45, 7) is 0. The molecule has 0 saturated carbocycles. The number of hydrogen-bond acceptors (Lipinski definition) is 6. The van der Waals surface area contributed by atoms with Gasteiger partial charge in [-0.05, 0) is 42.5 Å². The Morgan fingerprint density at radius 1 is 0.828 bits per heavy atom. The van der Waals surface area contributed by atoms with Crippen molar-refractivity contribution in [3.05, 3.63) is 72.0 Å². The Bertz CT molecular complexity index is 1150. The van der Waals surface area contributed by atoms with Crippen LogP contribution in [-0.4, -0.2) is 24.2 Å². The summed E-state index contributed by atoms with van der Waals surface area (Å²) < 4.78 is 16.7. The number of fused-ring (bicyclic) bond motifs is 1. The Hall–Kier alpha value is -3.51. The second kappa shape index (κ2) is 8.24. The first-order valence-corrected chi connectivity index (χ1v) is 9.21. The summed E-state index contributed by atoms with van der Waals surface area (Å²) in [6.07, 6.45) is 1.50. The van der Waals surface area contributed by atoms with Crippen molar-refractivity contribution in [1.29, 1.82) is 0 Å². The molecule has 1 heterocycles. The Balaban J connectivity index is 1.64. The van der Waals surface area contributed by atoms with Gasteiger partial charge in [0, 0.05) is 28.2 Å². The van der Waals surface area contributed by atoms with Crippen molar-refractivity contribution >= 4 is 34.0 Å². The van der Waals surface area contributed by atoms with Crippen molar-refractivity contribution < 1.29 is 14.2 Å². The van der Waals surface area contributed by atoms with Crippen LogP contribution in [0.2, 0.25) is 5.02 Å². The van der Waals surface area contributed by atoms with Gasteiger partial charge in [0.2, 0.25) is 0 Å². The molecule has 0 unspecified atom stereocenters. The quantitative estimate of drug-likeness (QED) is 0.433. The minimum absolute atomic E-state index is 0.609. The Morgan fingerprint density at radius 2 is 1.59 bits per heavy atom. The van der Waals surface area contributed by atoms with E-state index in [9.17, 15) is 0 Å². The zero-order valence-electron chi connectivity index (χ0n) is 15.8. The molecule has 0 spiro atoms. The molecule has 0 radical (unpaired) electrons. The molecule has 0 aliphatic carbocycles. The monoisotopic (exact) mass is 407 g/mol. The topological polar surface area (TPSA) is 65.5 Å². The number of nitrogens with zero attached hydrogens (tertiary/aromatic N) is 2. The van der Waals surface area contributed by atoms with Crippen LogP contribution in [0, 0.1) is 0 Å². The van der Waals surface area contributed by atoms with Crippen LogP contribution in [0.5, 0.6) is 23.0 Å².